The van der Waals surface area contributed by atoms with Crippen molar-refractivity contribution in [2.24, 2.45) is 5.92 Å². The number of nitrogens with zero attached hydrogens (tertiary/aromatic N) is 2. The van der Waals surface area contributed by atoms with Gasteiger partial charge in [-0.1, -0.05) is 0 Å². The van der Waals surface area contributed by atoms with Gasteiger partial charge in [-0.05, 0) is 38.1 Å². The normalized spacial score (nSPS) is 28.9. The number of nitrogens with one attached hydrogen (secondary N) is 2. The van der Waals surface area contributed by atoms with Crippen LogP contribution in [0.15, 0.2) is 22.7 Å². The van der Waals surface area contributed by atoms with Gasteiger partial charge in [-0.25, -0.2) is 0 Å². The number of furan rings is 1. The number of rotatable bonds is 4. The molecule has 6 heteroatoms. The van der Waals surface area contributed by atoms with Crippen molar-refractivity contribution >= 4 is 22.8 Å². The molecule has 2 aliphatic heterocycles. The first-order valence-corrected chi connectivity index (χ1v) is 8.92. The van der Waals surface area contributed by atoms with Crippen LogP contribution in [0.1, 0.15) is 36.2 Å². The minimum Gasteiger partial charge on any atom is -0.441 e. The van der Waals surface area contributed by atoms with E-state index in [1.165, 1.54) is 32.4 Å². The molecule has 126 valence electrons. The van der Waals surface area contributed by atoms with E-state index in [0.717, 1.165) is 30.2 Å². The SMILES string of the molecule is O=C(N[C@@H]1C[C@@H]2CCN(C2)C1)c1cc2oc(NC3CC3)cc2cn1. The van der Waals surface area contributed by atoms with Gasteiger partial charge in [-0.15, -0.1) is 0 Å². The lowest BCUT2D eigenvalue weighted by atomic mass is 9.97. The monoisotopic (exact) mass is 326 g/mol. The first kappa shape index (κ1) is 14.3. The molecule has 2 N–H and O–H groups in total. The van der Waals surface area contributed by atoms with E-state index >= 15 is 0 Å². The van der Waals surface area contributed by atoms with Gasteiger partial charge in [0.25, 0.3) is 5.91 Å². The lowest BCUT2D eigenvalue weighted by molar-refractivity contribution is 0.0904. The fourth-order valence-electron chi connectivity index (χ4n) is 3.98. The van der Waals surface area contributed by atoms with E-state index in [9.17, 15) is 4.79 Å². The van der Waals surface area contributed by atoms with Crippen molar-refractivity contribution in [2.45, 2.75) is 37.8 Å². The molecule has 3 fully saturated rings. The summed E-state index contributed by atoms with van der Waals surface area (Å²) in [5.74, 6) is 1.40. The Morgan fingerprint density at radius 1 is 1.21 bits per heavy atom. The van der Waals surface area contributed by atoms with Crippen molar-refractivity contribution in [2.75, 3.05) is 25.0 Å². The number of hydrogen-bond acceptors (Lipinski definition) is 5. The van der Waals surface area contributed by atoms with E-state index in [1.807, 2.05) is 6.07 Å². The molecular formula is C18H22N4O2. The molecule has 6 nitrogen and oxygen atoms in total. The summed E-state index contributed by atoms with van der Waals surface area (Å²) in [5, 5.41) is 7.41. The summed E-state index contributed by atoms with van der Waals surface area (Å²) in [4.78, 5) is 19.3. The molecule has 4 heterocycles. The second-order valence-electron chi connectivity index (χ2n) is 7.46. The lowest BCUT2D eigenvalue weighted by Crippen LogP contribution is -2.47. The molecule has 0 aromatic carbocycles. The van der Waals surface area contributed by atoms with Crippen LogP contribution in [0.2, 0.25) is 0 Å². The predicted molar refractivity (Wildman–Crippen MR) is 91.1 cm³/mol. The van der Waals surface area contributed by atoms with Crippen LogP contribution in [-0.2, 0) is 0 Å². The average Bonchev–Trinajstić information content (AvgIpc) is 3.18. The Morgan fingerprint density at radius 2 is 2.12 bits per heavy atom. The first-order chi connectivity index (χ1) is 11.7. The predicted octanol–water partition coefficient (Wildman–Crippen LogP) is 2.23. The summed E-state index contributed by atoms with van der Waals surface area (Å²) in [6.07, 6.45) is 6.46. The van der Waals surface area contributed by atoms with E-state index in [0.29, 0.717) is 17.3 Å². The summed E-state index contributed by atoms with van der Waals surface area (Å²) >= 11 is 0. The number of aromatic nitrogens is 1. The second-order valence-corrected chi connectivity index (χ2v) is 7.46. The Bertz CT molecular complexity index is 770. The Balaban J connectivity index is 1.30. The van der Waals surface area contributed by atoms with E-state index in [1.54, 1.807) is 12.3 Å². The molecule has 1 amide bonds. The Morgan fingerprint density at radius 3 is 2.96 bits per heavy atom. The number of anilines is 1. The first-order valence-electron chi connectivity index (χ1n) is 8.92. The summed E-state index contributed by atoms with van der Waals surface area (Å²) < 4.78 is 5.80. The zero-order valence-electron chi connectivity index (χ0n) is 13.6. The zero-order valence-corrected chi connectivity index (χ0v) is 13.6. The number of pyridine rings is 1. The molecule has 3 aliphatic rings. The molecule has 2 bridgehead atoms. The number of piperidine rings is 1. The molecule has 0 spiro atoms. The number of carbonyl (C=O) groups is 1. The highest BCUT2D eigenvalue weighted by Gasteiger charge is 2.33. The number of amides is 1. The average molecular weight is 326 g/mol. The van der Waals surface area contributed by atoms with Crippen molar-refractivity contribution in [1.29, 1.82) is 0 Å². The molecule has 2 aromatic heterocycles. The molecule has 0 radical (unpaired) electrons. The van der Waals surface area contributed by atoms with Gasteiger partial charge in [0.05, 0.1) is 0 Å². The highest BCUT2D eigenvalue weighted by molar-refractivity contribution is 5.95. The molecule has 5 rings (SSSR count). The van der Waals surface area contributed by atoms with Crippen LogP contribution in [0, 0.1) is 5.92 Å². The largest absolute Gasteiger partial charge is 0.441 e. The van der Waals surface area contributed by atoms with Crippen molar-refractivity contribution in [1.82, 2.24) is 15.2 Å². The maximum absolute atomic E-state index is 12.5. The van der Waals surface area contributed by atoms with Gasteiger partial charge in [0.1, 0.15) is 11.3 Å². The van der Waals surface area contributed by atoms with Crippen LogP contribution in [0.3, 0.4) is 0 Å². The van der Waals surface area contributed by atoms with Gasteiger partial charge >= 0.3 is 0 Å². The summed E-state index contributed by atoms with van der Waals surface area (Å²) in [5.41, 5.74) is 1.15. The summed E-state index contributed by atoms with van der Waals surface area (Å²) in [6.45, 7) is 3.32. The molecular weight excluding hydrogens is 304 g/mol. The highest BCUT2D eigenvalue weighted by Crippen LogP contribution is 2.29. The molecule has 1 unspecified atom stereocenters. The fraction of sp³-hybridized carbons (Fsp3) is 0.556. The van der Waals surface area contributed by atoms with Crippen LogP contribution >= 0.6 is 0 Å². The van der Waals surface area contributed by atoms with Gasteiger partial charge in [0.15, 0.2) is 5.88 Å². The third-order valence-electron chi connectivity index (χ3n) is 5.36. The zero-order chi connectivity index (χ0) is 16.1. The molecule has 2 saturated heterocycles. The number of hydrogen-bond donors (Lipinski definition) is 2. The molecule has 1 aliphatic carbocycles. The minimum atomic E-state index is -0.0995. The molecule has 24 heavy (non-hydrogen) atoms. The van der Waals surface area contributed by atoms with Gasteiger partial charge in [-0.2, -0.15) is 0 Å². The lowest BCUT2D eigenvalue weighted by Gasteiger charge is -2.30. The molecule has 3 atom stereocenters. The highest BCUT2D eigenvalue weighted by atomic mass is 16.3. The van der Waals surface area contributed by atoms with Crippen LogP contribution < -0.4 is 10.6 Å². The topological polar surface area (TPSA) is 70.4 Å². The van der Waals surface area contributed by atoms with Crippen molar-refractivity contribution in [3.8, 4) is 0 Å². The van der Waals surface area contributed by atoms with Crippen molar-refractivity contribution in [3.05, 3.63) is 24.0 Å². The molecule has 2 aromatic rings. The third kappa shape index (κ3) is 2.75. The van der Waals surface area contributed by atoms with Crippen LogP contribution in [0.4, 0.5) is 5.88 Å². The van der Waals surface area contributed by atoms with Crippen LogP contribution in [-0.4, -0.2) is 47.5 Å². The number of carbonyl (C=O) groups excluding carboxylic acids is 1. The minimum absolute atomic E-state index is 0.0995. The Labute approximate surface area is 140 Å². The maximum atomic E-state index is 12.5. The Hall–Kier alpha value is -2.08. The Kier molecular flexibility index (Phi) is 3.26. The van der Waals surface area contributed by atoms with Gasteiger partial charge < -0.3 is 20.0 Å². The van der Waals surface area contributed by atoms with E-state index in [2.05, 4.69) is 20.5 Å². The summed E-state index contributed by atoms with van der Waals surface area (Å²) in [6, 6.07) is 4.48. The fourth-order valence-corrected chi connectivity index (χ4v) is 3.98. The van der Waals surface area contributed by atoms with Crippen LogP contribution in [0.5, 0.6) is 0 Å². The van der Waals surface area contributed by atoms with E-state index in [-0.39, 0.29) is 11.9 Å². The van der Waals surface area contributed by atoms with Crippen molar-refractivity contribution in [3.63, 3.8) is 0 Å². The number of fused-ring (bicyclic) bond motifs is 3. The smallest absolute Gasteiger partial charge is 0.270 e. The van der Waals surface area contributed by atoms with Crippen molar-refractivity contribution < 1.29 is 9.21 Å². The molecule has 1 saturated carbocycles. The summed E-state index contributed by atoms with van der Waals surface area (Å²) in [7, 11) is 0. The van der Waals surface area contributed by atoms with Gasteiger partial charge in [0, 0.05) is 48.9 Å². The van der Waals surface area contributed by atoms with Gasteiger partial charge in [0.2, 0.25) is 0 Å². The quantitative estimate of drug-likeness (QED) is 0.901. The van der Waals surface area contributed by atoms with E-state index < -0.39 is 0 Å². The van der Waals surface area contributed by atoms with Gasteiger partial charge in [-0.3, -0.25) is 9.78 Å². The maximum Gasteiger partial charge on any atom is 0.270 e. The standard InChI is InChI=1S/C18H22N4O2/c23-18(21-14-5-11-3-4-22(9-11)10-14)15-7-16-12(8-19-15)6-17(24-16)20-13-1-2-13/h6-8,11,13-14,20H,1-5,9-10H2,(H,21,23)/t11-,14+/m0/s1. The van der Waals surface area contributed by atoms with E-state index in [4.69, 9.17) is 4.42 Å². The van der Waals surface area contributed by atoms with Crippen LogP contribution in [0.25, 0.3) is 11.0 Å². The second kappa shape index (κ2) is 5.48. The third-order valence-corrected chi connectivity index (χ3v) is 5.36.